The Balaban J connectivity index is 0. The number of aryl methyl sites for hydroxylation is 1. The minimum Gasteiger partial charge on any atom is -0.457 e. The summed E-state index contributed by atoms with van der Waals surface area (Å²) in [5, 5.41) is 2.75. The zero-order valence-electron chi connectivity index (χ0n) is 16.1. The number of nitrogens with zero attached hydrogens (tertiary/aromatic N) is 1. The molecule has 0 fully saturated rings. The number of ether oxygens (including phenoxy) is 1. The van der Waals surface area contributed by atoms with Crippen molar-refractivity contribution in [3.63, 3.8) is 0 Å². The van der Waals surface area contributed by atoms with Crippen LogP contribution in [0.3, 0.4) is 0 Å². The second-order valence-electron chi connectivity index (χ2n) is 4.66. The Morgan fingerprint density at radius 2 is 1.54 bits per heavy atom. The van der Waals surface area contributed by atoms with Crippen LogP contribution in [-0.2, 0) is 0 Å². The lowest BCUT2D eigenvalue weighted by molar-refractivity contribution is 0.111. The number of aromatic nitrogens is 1. The second-order valence-corrected chi connectivity index (χ2v) is 4.66. The van der Waals surface area contributed by atoms with Crippen molar-refractivity contribution in [3.8, 4) is 11.5 Å². The van der Waals surface area contributed by atoms with Crippen molar-refractivity contribution in [2.75, 3.05) is 14.1 Å². The molecule has 1 N–H and O–H groups in total. The van der Waals surface area contributed by atoms with Gasteiger partial charge in [-0.2, -0.15) is 0 Å². The minimum absolute atomic E-state index is 0.365. The maximum absolute atomic E-state index is 10.5. The number of carbonyl (C=O) groups excluding carboxylic acids is 1. The molecule has 2 aromatic rings. The van der Waals surface area contributed by atoms with Crippen molar-refractivity contribution in [1.29, 1.82) is 0 Å². The number of rotatable bonds is 3. The van der Waals surface area contributed by atoms with Crippen molar-refractivity contribution in [3.05, 3.63) is 53.9 Å². The van der Waals surface area contributed by atoms with E-state index in [0.29, 0.717) is 17.7 Å². The Labute approximate surface area is 147 Å². The molecule has 0 saturated heterocycles. The highest BCUT2D eigenvalue weighted by Gasteiger charge is 1.98. The molecule has 134 valence electrons. The average Bonchev–Trinajstić information content (AvgIpc) is 2.60. The summed E-state index contributed by atoms with van der Waals surface area (Å²) in [6, 6.07) is 11.0. The maximum atomic E-state index is 10.5. The fraction of sp³-hybridized carbons (Fsp3) is 0.400. The van der Waals surface area contributed by atoms with E-state index in [9.17, 15) is 4.79 Å². The zero-order chi connectivity index (χ0) is 18.8. The number of carbonyl (C=O) groups is 1. The number of nitrogens with one attached hydrogen (secondary N) is 1. The summed E-state index contributed by atoms with van der Waals surface area (Å²) in [7, 11) is 3.75. The lowest BCUT2D eigenvalue weighted by Crippen LogP contribution is -1.89. The van der Waals surface area contributed by atoms with Crippen LogP contribution in [0.4, 0.5) is 0 Å². The summed E-state index contributed by atoms with van der Waals surface area (Å²) in [6.45, 7) is 10.3. The van der Waals surface area contributed by atoms with E-state index >= 15 is 0 Å². The molecule has 4 heteroatoms. The molecule has 4 nitrogen and oxygen atoms in total. The molecule has 0 bridgehead atoms. The van der Waals surface area contributed by atoms with Crippen LogP contribution in [0.25, 0.3) is 0 Å². The van der Waals surface area contributed by atoms with Gasteiger partial charge in [0.2, 0.25) is 0 Å². The lowest BCUT2D eigenvalue weighted by Gasteiger charge is -2.05. The summed E-state index contributed by atoms with van der Waals surface area (Å²) in [6.07, 6.45) is 3.50. The Morgan fingerprint density at radius 3 is 2.00 bits per heavy atom. The van der Waals surface area contributed by atoms with Gasteiger partial charge in [-0.15, -0.1) is 0 Å². The smallest absolute Gasteiger partial charge is 0.168 e. The lowest BCUT2D eigenvalue weighted by atomic mass is 10.2. The van der Waals surface area contributed by atoms with E-state index in [0.717, 1.165) is 5.75 Å². The van der Waals surface area contributed by atoms with Crippen LogP contribution < -0.4 is 10.1 Å². The molecule has 0 aliphatic rings. The molecule has 0 unspecified atom stereocenters. The first-order valence-electron chi connectivity index (χ1n) is 8.35. The van der Waals surface area contributed by atoms with Gasteiger partial charge in [0.25, 0.3) is 0 Å². The van der Waals surface area contributed by atoms with Gasteiger partial charge >= 0.3 is 0 Å². The van der Waals surface area contributed by atoms with Gasteiger partial charge in [-0.3, -0.25) is 9.78 Å². The van der Waals surface area contributed by atoms with Gasteiger partial charge in [0.15, 0.2) is 6.29 Å². The van der Waals surface area contributed by atoms with Gasteiger partial charge in [-0.1, -0.05) is 51.8 Å². The summed E-state index contributed by atoms with van der Waals surface area (Å²) in [4.78, 5) is 14.4. The molecule has 0 radical (unpaired) electrons. The normalized spacial score (nSPS) is 8.29. The summed E-state index contributed by atoms with van der Waals surface area (Å²) < 4.78 is 5.58. The molecular weight excluding hydrogens is 300 g/mol. The van der Waals surface area contributed by atoms with Gasteiger partial charge in [0.05, 0.1) is 0 Å². The van der Waals surface area contributed by atoms with Crippen LogP contribution in [0.5, 0.6) is 11.5 Å². The van der Waals surface area contributed by atoms with Gasteiger partial charge in [0, 0.05) is 12.3 Å². The molecule has 0 saturated carbocycles. The van der Waals surface area contributed by atoms with E-state index in [1.165, 1.54) is 12.0 Å². The molecule has 1 aromatic carbocycles. The third-order valence-electron chi connectivity index (χ3n) is 2.13. The predicted octanol–water partition coefficient (Wildman–Crippen LogP) is 5.27. The fourth-order valence-electron chi connectivity index (χ4n) is 1.30. The maximum Gasteiger partial charge on any atom is 0.168 e. The molecule has 2 rings (SSSR count). The van der Waals surface area contributed by atoms with Crippen molar-refractivity contribution >= 4 is 6.29 Å². The minimum atomic E-state index is 0.365. The average molecular weight is 332 g/mol. The second kappa shape index (κ2) is 17.2. The van der Waals surface area contributed by atoms with Crippen LogP contribution in [0.2, 0.25) is 0 Å². The molecule has 24 heavy (non-hydrogen) atoms. The number of hydrogen-bond acceptors (Lipinski definition) is 4. The molecule has 0 aliphatic heterocycles. The highest BCUT2D eigenvalue weighted by molar-refractivity contribution is 5.72. The Bertz CT molecular complexity index is 523. The van der Waals surface area contributed by atoms with Gasteiger partial charge in [0.1, 0.15) is 17.2 Å². The number of hydrogen-bond donors (Lipinski definition) is 1. The quantitative estimate of drug-likeness (QED) is 0.778. The first kappa shape index (κ1) is 24.1. The van der Waals surface area contributed by atoms with Crippen molar-refractivity contribution in [1.82, 2.24) is 10.3 Å². The zero-order valence-corrected chi connectivity index (χ0v) is 16.1. The van der Waals surface area contributed by atoms with Gasteiger partial charge < -0.3 is 10.1 Å². The van der Waals surface area contributed by atoms with Crippen LogP contribution in [0.15, 0.2) is 42.6 Å². The summed E-state index contributed by atoms with van der Waals surface area (Å²) >= 11 is 0. The first-order valence-corrected chi connectivity index (χ1v) is 8.35. The van der Waals surface area contributed by atoms with Crippen LogP contribution in [-0.4, -0.2) is 25.4 Å². The SMILES string of the molecule is CC.CCC.CNC.Cc1ccc(Oc2ccnc(C=O)c2)cc1. The van der Waals surface area contributed by atoms with Gasteiger partial charge in [-0.05, 0) is 39.2 Å². The van der Waals surface area contributed by atoms with Crippen molar-refractivity contribution < 1.29 is 9.53 Å². The summed E-state index contributed by atoms with van der Waals surface area (Å²) in [5.74, 6) is 1.36. The molecular formula is C20H32N2O2. The van der Waals surface area contributed by atoms with Gasteiger partial charge in [-0.25, -0.2) is 0 Å². The van der Waals surface area contributed by atoms with E-state index < -0.39 is 0 Å². The fourth-order valence-corrected chi connectivity index (χ4v) is 1.30. The van der Waals surface area contributed by atoms with E-state index in [4.69, 9.17) is 4.74 Å². The highest BCUT2D eigenvalue weighted by Crippen LogP contribution is 2.21. The van der Waals surface area contributed by atoms with Crippen molar-refractivity contribution in [2.24, 2.45) is 0 Å². The number of pyridine rings is 1. The Hall–Kier alpha value is -2.20. The topological polar surface area (TPSA) is 51.2 Å². The van der Waals surface area contributed by atoms with Crippen LogP contribution in [0.1, 0.15) is 50.2 Å². The third-order valence-corrected chi connectivity index (χ3v) is 2.13. The third kappa shape index (κ3) is 12.4. The summed E-state index contributed by atoms with van der Waals surface area (Å²) in [5.41, 5.74) is 1.54. The molecule has 1 aromatic heterocycles. The Kier molecular flexibility index (Phi) is 17.2. The molecule has 0 amide bonds. The van der Waals surface area contributed by atoms with E-state index in [-0.39, 0.29) is 0 Å². The van der Waals surface area contributed by atoms with E-state index in [2.05, 4.69) is 24.1 Å². The van der Waals surface area contributed by atoms with E-state index in [1.54, 1.807) is 18.3 Å². The standard InChI is InChI=1S/C13H11NO2.C3H8.C2H7N.C2H6/c1-10-2-4-12(5-3-10)16-13-6-7-14-11(8-13)9-15;2*1-3-2;1-2/h2-9H,1H3;3H2,1-2H3;3H,1-2H3;1-2H3. The predicted molar refractivity (Wildman–Crippen MR) is 103 cm³/mol. The van der Waals surface area contributed by atoms with Crippen LogP contribution >= 0.6 is 0 Å². The van der Waals surface area contributed by atoms with Crippen molar-refractivity contribution in [2.45, 2.75) is 41.0 Å². The molecule has 0 aliphatic carbocycles. The monoisotopic (exact) mass is 332 g/mol. The largest absolute Gasteiger partial charge is 0.457 e. The van der Waals surface area contributed by atoms with E-state index in [1.807, 2.05) is 59.1 Å². The van der Waals surface area contributed by atoms with Crippen LogP contribution in [0, 0.1) is 6.92 Å². The Morgan fingerprint density at radius 1 is 1.04 bits per heavy atom. The number of aldehydes is 1. The number of benzene rings is 1. The molecule has 0 spiro atoms. The molecule has 1 heterocycles. The first-order chi connectivity index (χ1) is 11.6. The highest BCUT2D eigenvalue weighted by atomic mass is 16.5. The molecule has 0 atom stereocenters.